The van der Waals surface area contributed by atoms with E-state index in [-0.39, 0.29) is 17.2 Å². The second-order valence-electron chi connectivity index (χ2n) is 7.59. The Balaban J connectivity index is 1.77. The largest absolute Gasteiger partial charge is 0.497 e. The minimum atomic E-state index is -3.88. The van der Waals surface area contributed by atoms with Gasteiger partial charge in [-0.25, -0.2) is 13.1 Å². The topological polar surface area (TPSA) is 93.7 Å². The average Bonchev–Trinajstić information content (AvgIpc) is 2.83. The highest BCUT2D eigenvalue weighted by atomic mass is 32.2. The molecule has 2 N–H and O–H groups in total. The molecular formula is C25H28N2O5S. The van der Waals surface area contributed by atoms with Crippen LogP contribution in [0, 0.1) is 6.92 Å². The number of ether oxygens (including phenoxy) is 2. The molecule has 0 unspecified atom stereocenters. The number of amides is 1. The van der Waals surface area contributed by atoms with E-state index >= 15 is 0 Å². The third-order valence-corrected chi connectivity index (χ3v) is 6.67. The van der Waals surface area contributed by atoms with Gasteiger partial charge in [0.2, 0.25) is 15.9 Å². The molecule has 0 fully saturated rings. The lowest BCUT2D eigenvalue weighted by molar-refractivity contribution is -0.121. The van der Waals surface area contributed by atoms with Crippen LogP contribution in [-0.2, 0) is 21.4 Å². The number of benzene rings is 3. The van der Waals surface area contributed by atoms with E-state index in [0.717, 1.165) is 11.1 Å². The number of carbonyl (C=O) groups excluding carboxylic acids is 1. The number of hydrogen-bond acceptors (Lipinski definition) is 5. The fourth-order valence-electron chi connectivity index (χ4n) is 3.24. The first-order valence-electron chi connectivity index (χ1n) is 10.4. The number of hydrogen-bond donors (Lipinski definition) is 2. The monoisotopic (exact) mass is 468 g/mol. The minimum Gasteiger partial charge on any atom is -0.497 e. The van der Waals surface area contributed by atoms with Crippen molar-refractivity contribution in [1.82, 2.24) is 10.0 Å². The summed E-state index contributed by atoms with van der Waals surface area (Å²) in [5, 5.41) is 2.87. The predicted octanol–water partition coefficient (Wildman–Crippen LogP) is 3.74. The maximum atomic E-state index is 13.0. The Morgan fingerprint density at radius 2 is 1.39 bits per heavy atom. The smallest absolute Gasteiger partial charge is 0.241 e. The van der Waals surface area contributed by atoms with Crippen molar-refractivity contribution in [2.45, 2.75) is 30.8 Å². The highest BCUT2D eigenvalue weighted by Crippen LogP contribution is 2.24. The molecule has 0 radical (unpaired) electrons. The van der Waals surface area contributed by atoms with Crippen LogP contribution >= 0.6 is 0 Å². The third-order valence-electron chi connectivity index (χ3n) is 5.19. The molecule has 174 valence electrons. The summed E-state index contributed by atoms with van der Waals surface area (Å²) in [7, 11) is -0.819. The summed E-state index contributed by atoms with van der Waals surface area (Å²) in [6.07, 6.45) is -0.0619. The molecule has 0 bridgehead atoms. The maximum absolute atomic E-state index is 13.0. The number of nitrogens with one attached hydrogen (secondary N) is 2. The second-order valence-corrected chi connectivity index (χ2v) is 9.30. The summed E-state index contributed by atoms with van der Waals surface area (Å²) in [4.78, 5) is 12.8. The van der Waals surface area contributed by atoms with Gasteiger partial charge in [-0.05, 0) is 54.4 Å². The van der Waals surface area contributed by atoms with Crippen LogP contribution in [0.3, 0.4) is 0 Å². The number of methoxy groups -OCH3 is 2. The van der Waals surface area contributed by atoms with Gasteiger partial charge >= 0.3 is 0 Å². The first kappa shape index (κ1) is 24.3. The van der Waals surface area contributed by atoms with E-state index in [0.29, 0.717) is 23.6 Å². The molecule has 0 aliphatic rings. The zero-order valence-electron chi connectivity index (χ0n) is 18.9. The molecule has 33 heavy (non-hydrogen) atoms. The molecular weight excluding hydrogens is 440 g/mol. The van der Waals surface area contributed by atoms with Gasteiger partial charge in [0.25, 0.3) is 0 Å². The van der Waals surface area contributed by atoms with E-state index < -0.39 is 16.1 Å². The van der Waals surface area contributed by atoms with Crippen LogP contribution < -0.4 is 19.5 Å². The molecule has 0 saturated heterocycles. The molecule has 0 aliphatic carbocycles. The van der Waals surface area contributed by atoms with Crippen molar-refractivity contribution in [3.05, 3.63) is 89.5 Å². The molecule has 1 amide bonds. The third kappa shape index (κ3) is 6.81. The summed E-state index contributed by atoms with van der Waals surface area (Å²) >= 11 is 0. The molecule has 0 saturated carbocycles. The number of carbonyl (C=O) groups is 1. The van der Waals surface area contributed by atoms with Crippen LogP contribution in [-0.4, -0.2) is 28.5 Å². The van der Waals surface area contributed by atoms with Gasteiger partial charge in [0.05, 0.1) is 25.2 Å². The SMILES string of the molecule is COc1ccc([C@@H](CC(=O)NCc2ccc(C)cc2)NS(=O)(=O)c2ccc(OC)cc2)cc1. The highest BCUT2D eigenvalue weighted by Gasteiger charge is 2.24. The van der Waals surface area contributed by atoms with E-state index in [1.165, 1.54) is 19.2 Å². The lowest BCUT2D eigenvalue weighted by atomic mass is 10.0. The Bertz CT molecular complexity index is 1160. The first-order valence-corrected chi connectivity index (χ1v) is 11.9. The van der Waals surface area contributed by atoms with Crippen LogP contribution in [0.2, 0.25) is 0 Å². The molecule has 0 aromatic heterocycles. The Kier molecular flexibility index (Phi) is 8.08. The van der Waals surface area contributed by atoms with E-state index in [4.69, 9.17) is 9.47 Å². The van der Waals surface area contributed by atoms with Gasteiger partial charge in [0.15, 0.2) is 0 Å². The Labute approximate surface area is 194 Å². The second kappa shape index (κ2) is 11.0. The van der Waals surface area contributed by atoms with E-state index in [2.05, 4.69) is 10.0 Å². The summed E-state index contributed by atoms with van der Waals surface area (Å²) < 4.78 is 39.0. The Hall–Kier alpha value is -3.36. The Morgan fingerprint density at radius 1 is 0.848 bits per heavy atom. The summed E-state index contributed by atoms with van der Waals surface area (Å²) in [6.45, 7) is 2.36. The summed E-state index contributed by atoms with van der Waals surface area (Å²) in [6, 6.07) is 20.1. The number of rotatable bonds is 10. The van der Waals surface area contributed by atoms with Crippen molar-refractivity contribution in [1.29, 1.82) is 0 Å². The molecule has 3 aromatic rings. The standard InChI is InChI=1S/C25H28N2O5S/c1-18-4-6-19(7-5-18)17-26-25(28)16-24(20-8-10-21(31-2)11-9-20)27-33(29,30)23-14-12-22(32-3)13-15-23/h4-15,24,27H,16-17H2,1-3H3,(H,26,28)/t24-/m1/s1. The van der Waals surface area contributed by atoms with Crippen molar-refractivity contribution in [3.8, 4) is 11.5 Å². The maximum Gasteiger partial charge on any atom is 0.241 e. The van der Waals surface area contributed by atoms with E-state index in [1.807, 2.05) is 31.2 Å². The van der Waals surface area contributed by atoms with Gasteiger partial charge in [-0.2, -0.15) is 0 Å². The zero-order valence-corrected chi connectivity index (χ0v) is 19.7. The zero-order chi connectivity index (χ0) is 23.8. The van der Waals surface area contributed by atoms with Crippen molar-refractivity contribution < 1.29 is 22.7 Å². The molecule has 7 nitrogen and oxygen atoms in total. The van der Waals surface area contributed by atoms with Crippen molar-refractivity contribution in [2.75, 3.05) is 14.2 Å². The fourth-order valence-corrected chi connectivity index (χ4v) is 4.46. The highest BCUT2D eigenvalue weighted by molar-refractivity contribution is 7.89. The molecule has 0 aliphatic heterocycles. The minimum absolute atomic E-state index is 0.0619. The lowest BCUT2D eigenvalue weighted by Crippen LogP contribution is -2.33. The fraction of sp³-hybridized carbons (Fsp3) is 0.240. The number of aryl methyl sites for hydroxylation is 1. The molecule has 0 heterocycles. The van der Waals surface area contributed by atoms with Crippen LogP contribution in [0.4, 0.5) is 0 Å². The van der Waals surface area contributed by atoms with Crippen LogP contribution in [0.1, 0.15) is 29.2 Å². The Morgan fingerprint density at radius 3 is 1.94 bits per heavy atom. The van der Waals surface area contributed by atoms with Gasteiger partial charge in [-0.3, -0.25) is 4.79 Å². The first-order chi connectivity index (χ1) is 15.8. The van der Waals surface area contributed by atoms with Crippen molar-refractivity contribution in [3.63, 3.8) is 0 Å². The summed E-state index contributed by atoms with van der Waals surface area (Å²) in [5.41, 5.74) is 2.75. The van der Waals surface area contributed by atoms with Crippen LogP contribution in [0.15, 0.2) is 77.7 Å². The van der Waals surface area contributed by atoms with Gasteiger partial charge < -0.3 is 14.8 Å². The summed E-state index contributed by atoms with van der Waals surface area (Å²) in [5.74, 6) is 0.921. The van der Waals surface area contributed by atoms with Gasteiger partial charge in [0.1, 0.15) is 11.5 Å². The lowest BCUT2D eigenvalue weighted by Gasteiger charge is -2.20. The quantitative estimate of drug-likeness (QED) is 0.473. The van der Waals surface area contributed by atoms with Crippen molar-refractivity contribution >= 4 is 15.9 Å². The molecule has 1 atom stereocenters. The average molecular weight is 469 g/mol. The van der Waals surface area contributed by atoms with Gasteiger partial charge in [0, 0.05) is 13.0 Å². The van der Waals surface area contributed by atoms with Crippen molar-refractivity contribution in [2.24, 2.45) is 0 Å². The predicted molar refractivity (Wildman–Crippen MR) is 127 cm³/mol. The van der Waals surface area contributed by atoms with Gasteiger partial charge in [-0.1, -0.05) is 42.0 Å². The van der Waals surface area contributed by atoms with Crippen LogP contribution in [0.25, 0.3) is 0 Å². The molecule has 8 heteroatoms. The van der Waals surface area contributed by atoms with Gasteiger partial charge in [-0.15, -0.1) is 0 Å². The molecule has 0 spiro atoms. The van der Waals surface area contributed by atoms with E-state index in [9.17, 15) is 13.2 Å². The van der Waals surface area contributed by atoms with Crippen LogP contribution in [0.5, 0.6) is 11.5 Å². The molecule has 3 rings (SSSR count). The number of sulfonamides is 1. The normalized spacial score (nSPS) is 12.1. The van der Waals surface area contributed by atoms with E-state index in [1.54, 1.807) is 43.5 Å². The molecule has 3 aromatic carbocycles.